The van der Waals surface area contributed by atoms with Gasteiger partial charge >= 0.3 is 0 Å². The molecule has 3 nitrogen and oxygen atoms in total. The van der Waals surface area contributed by atoms with E-state index >= 15 is 0 Å². The smallest absolute Gasteiger partial charge is 0.0973 e. The zero-order valence-corrected chi connectivity index (χ0v) is 30.0. The number of anilines is 3. The SMILES string of the molecule is c1ccc(-c2ccc(N(c3ccc(-c4ccc5ccc6nc(-c7ccccc7)c(-c7ccccc7)nc6c5c4)cc3)c3ccc4ccccc4c3)cc2)cc1. The van der Waals surface area contributed by atoms with E-state index in [2.05, 4.69) is 205 Å². The minimum atomic E-state index is 0.878. The lowest BCUT2D eigenvalue weighted by Crippen LogP contribution is -2.09. The average molecular weight is 702 g/mol. The van der Waals surface area contributed by atoms with Gasteiger partial charge in [0.2, 0.25) is 0 Å². The topological polar surface area (TPSA) is 29.0 Å². The van der Waals surface area contributed by atoms with Crippen LogP contribution in [0.15, 0.2) is 212 Å². The Balaban J connectivity index is 1.06. The van der Waals surface area contributed by atoms with Gasteiger partial charge < -0.3 is 4.90 Å². The first-order chi connectivity index (χ1) is 27.2. The van der Waals surface area contributed by atoms with Crippen molar-refractivity contribution in [1.29, 1.82) is 0 Å². The number of nitrogens with zero attached hydrogens (tertiary/aromatic N) is 3. The quantitative estimate of drug-likeness (QED) is 0.155. The summed E-state index contributed by atoms with van der Waals surface area (Å²) in [5.74, 6) is 0. The van der Waals surface area contributed by atoms with E-state index in [1.807, 2.05) is 12.1 Å². The largest absolute Gasteiger partial charge is 0.310 e. The van der Waals surface area contributed by atoms with Gasteiger partial charge in [-0.15, -0.1) is 0 Å². The van der Waals surface area contributed by atoms with Gasteiger partial charge in [0.15, 0.2) is 0 Å². The Bertz CT molecular complexity index is 2940. The molecule has 1 aromatic heterocycles. The number of aromatic nitrogens is 2. The van der Waals surface area contributed by atoms with E-state index < -0.39 is 0 Å². The first-order valence-corrected chi connectivity index (χ1v) is 18.7. The monoisotopic (exact) mass is 701 g/mol. The van der Waals surface area contributed by atoms with Crippen LogP contribution in [-0.2, 0) is 0 Å². The van der Waals surface area contributed by atoms with Gasteiger partial charge in [0.25, 0.3) is 0 Å². The molecule has 0 aliphatic heterocycles. The van der Waals surface area contributed by atoms with Crippen molar-refractivity contribution in [2.24, 2.45) is 0 Å². The highest BCUT2D eigenvalue weighted by molar-refractivity contribution is 6.07. The second kappa shape index (κ2) is 13.9. The van der Waals surface area contributed by atoms with Gasteiger partial charge in [-0.3, -0.25) is 0 Å². The fourth-order valence-corrected chi connectivity index (χ4v) is 7.61. The molecular formula is C52H35N3. The van der Waals surface area contributed by atoms with Crippen molar-refractivity contribution in [2.75, 3.05) is 4.90 Å². The molecule has 258 valence electrons. The molecule has 0 aliphatic rings. The first kappa shape index (κ1) is 32.3. The summed E-state index contributed by atoms with van der Waals surface area (Å²) in [5, 5.41) is 4.65. The van der Waals surface area contributed by atoms with Crippen molar-refractivity contribution in [3.05, 3.63) is 212 Å². The molecule has 10 rings (SSSR count). The van der Waals surface area contributed by atoms with Crippen LogP contribution in [0.2, 0.25) is 0 Å². The van der Waals surface area contributed by atoms with Crippen LogP contribution in [0.3, 0.4) is 0 Å². The summed E-state index contributed by atoms with van der Waals surface area (Å²) < 4.78 is 0. The first-order valence-electron chi connectivity index (χ1n) is 18.7. The second-order valence-electron chi connectivity index (χ2n) is 13.8. The van der Waals surface area contributed by atoms with Crippen LogP contribution in [0.25, 0.3) is 77.3 Å². The Kier molecular flexibility index (Phi) is 8.16. The van der Waals surface area contributed by atoms with Crippen LogP contribution in [0.1, 0.15) is 0 Å². The minimum absolute atomic E-state index is 0.878. The zero-order valence-electron chi connectivity index (χ0n) is 30.0. The molecular weight excluding hydrogens is 667 g/mol. The normalized spacial score (nSPS) is 11.3. The molecule has 0 unspecified atom stereocenters. The van der Waals surface area contributed by atoms with Crippen molar-refractivity contribution < 1.29 is 0 Å². The summed E-state index contributed by atoms with van der Waals surface area (Å²) in [4.78, 5) is 12.9. The Labute approximate surface area is 320 Å². The van der Waals surface area contributed by atoms with Crippen LogP contribution in [-0.4, -0.2) is 9.97 Å². The number of hydrogen-bond donors (Lipinski definition) is 0. The summed E-state index contributed by atoms with van der Waals surface area (Å²) in [6.07, 6.45) is 0. The lowest BCUT2D eigenvalue weighted by atomic mass is 9.98. The fraction of sp³-hybridized carbons (Fsp3) is 0. The molecule has 1 heterocycles. The Morgan fingerprint density at radius 2 is 0.745 bits per heavy atom. The van der Waals surface area contributed by atoms with Gasteiger partial charge in [-0.05, 0) is 86.9 Å². The number of rotatable bonds is 7. The van der Waals surface area contributed by atoms with Crippen molar-refractivity contribution in [1.82, 2.24) is 9.97 Å². The molecule has 0 bridgehead atoms. The molecule has 0 spiro atoms. The van der Waals surface area contributed by atoms with Gasteiger partial charge in [0.1, 0.15) is 0 Å². The predicted octanol–water partition coefficient (Wildman–Crippen LogP) is 14.1. The van der Waals surface area contributed by atoms with Crippen molar-refractivity contribution >= 4 is 49.6 Å². The molecule has 0 saturated heterocycles. The van der Waals surface area contributed by atoms with E-state index in [0.29, 0.717) is 0 Å². The van der Waals surface area contributed by atoms with Crippen LogP contribution in [0, 0.1) is 0 Å². The third-order valence-electron chi connectivity index (χ3n) is 10.4. The summed E-state index contributed by atoms with van der Waals surface area (Å²) in [5.41, 5.74) is 13.6. The van der Waals surface area contributed by atoms with E-state index in [1.54, 1.807) is 0 Å². The van der Waals surface area contributed by atoms with E-state index in [9.17, 15) is 0 Å². The van der Waals surface area contributed by atoms with Crippen LogP contribution in [0.5, 0.6) is 0 Å². The highest BCUT2D eigenvalue weighted by Crippen LogP contribution is 2.39. The zero-order chi connectivity index (χ0) is 36.6. The molecule has 9 aromatic carbocycles. The standard InChI is InChI=1S/C52H35N3/c1-4-12-36(13-5-1)38-22-28-45(29-23-38)55(47-32-26-37-14-10-11-19-43(37)34-47)46-30-24-39(25-31-46)44-21-20-40-27-33-49-52(48(40)35-44)54-51(42-17-8-3-9-18-42)50(53-49)41-15-6-2-7-16-41/h1-35H. The number of benzene rings is 9. The lowest BCUT2D eigenvalue weighted by molar-refractivity contribution is 1.29. The van der Waals surface area contributed by atoms with E-state index in [4.69, 9.17) is 9.97 Å². The third kappa shape index (κ3) is 6.18. The van der Waals surface area contributed by atoms with Gasteiger partial charge in [-0.25, -0.2) is 9.97 Å². The number of hydrogen-bond acceptors (Lipinski definition) is 3. The van der Waals surface area contributed by atoms with Gasteiger partial charge in [0, 0.05) is 33.6 Å². The van der Waals surface area contributed by atoms with Crippen LogP contribution in [0.4, 0.5) is 17.1 Å². The Morgan fingerprint density at radius 1 is 0.291 bits per heavy atom. The third-order valence-corrected chi connectivity index (χ3v) is 10.4. The van der Waals surface area contributed by atoms with Gasteiger partial charge in [-0.2, -0.15) is 0 Å². The molecule has 0 saturated carbocycles. The van der Waals surface area contributed by atoms with E-state index in [-0.39, 0.29) is 0 Å². The van der Waals surface area contributed by atoms with E-state index in [1.165, 1.54) is 21.9 Å². The molecule has 3 heteroatoms. The predicted molar refractivity (Wildman–Crippen MR) is 231 cm³/mol. The summed E-state index contributed by atoms with van der Waals surface area (Å²) in [6, 6.07) is 75.1. The molecule has 0 amide bonds. The Hall–Kier alpha value is -7.36. The fourth-order valence-electron chi connectivity index (χ4n) is 7.61. The van der Waals surface area contributed by atoms with Crippen LogP contribution >= 0.6 is 0 Å². The van der Waals surface area contributed by atoms with E-state index in [0.717, 1.165) is 72.5 Å². The maximum absolute atomic E-state index is 5.37. The van der Waals surface area contributed by atoms with Gasteiger partial charge in [-0.1, -0.05) is 164 Å². The van der Waals surface area contributed by atoms with Crippen LogP contribution < -0.4 is 4.90 Å². The summed E-state index contributed by atoms with van der Waals surface area (Å²) >= 11 is 0. The molecule has 55 heavy (non-hydrogen) atoms. The second-order valence-corrected chi connectivity index (χ2v) is 13.8. The molecule has 0 radical (unpaired) electrons. The Morgan fingerprint density at radius 3 is 1.38 bits per heavy atom. The maximum atomic E-state index is 5.37. The van der Waals surface area contributed by atoms with Crippen molar-refractivity contribution in [3.63, 3.8) is 0 Å². The summed E-state index contributed by atoms with van der Waals surface area (Å²) in [7, 11) is 0. The lowest BCUT2D eigenvalue weighted by Gasteiger charge is -2.26. The maximum Gasteiger partial charge on any atom is 0.0973 e. The van der Waals surface area contributed by atoms with Gasteiger partial charge in [0.05, 0.1) is 22.4 Å². The molecule has 0 atom stereocenters. The molecule has 0 aliphatic carbocycles. The molecule has 0 fully saturated rings. The number of fused-ring (bicyclic) bond motifs is 4. The van der Waals surface area contributed by atoms with Crippen molar-refractivity contribution in [2.45, 2.75) is 0 Å². The van der Waals surface area contributed by atoms with Crippen molar-refractivity contribution in [3.8, 4) is 44.8 Å². The highest BCUT2D eigenvalue weighted by Gasteiger charge is 2.17. The highest BCUT2D eigenvalue weighted by atomic mass is 15.1. The molecule has 10 aromatic rings. The average Bonchev–Trinajstić information content (AvgIpc) is 3.27. The molecule has 0 N–H and O–H groups in total. The summed E-state index contributed by atoms with van der Waals surface area (Å²) in [6.45, 7) is 0. The minimum Gasteiger partial charge on any atom is -0.310 e.